The smallest absolute Gasteiger partial charge is 0.0545 e. The van der Waals surface area contributed by atoms with Gasteiger partial charge in [0.15, 0.2) is 0 Å². The van der Waals surface area contributed by atoms with Gasteiger partial charge in [0.2, 0.25) is 0 Å². The first kappa shape index (κ1) is 11.9. The summed E-state index contributed by atoms with van der Waals surface area (Å²) in [6.45, 7) is 5.83. The van der Waals surface area contributed by atoms with Gasteiger partial charge in [-0.15, -0.1) is 18.2 Å². The van der Waals surface area contributed by atoms with Crippen LogP contribution in [0.4, 0.5) is 0 Å². The van der Waals surface area contributed by atoms with Gasteiger partial charge < -0.3 is 5.32 Å². The minimum Gasteiger partial charge on any atom is -0.313 e. The molecular formula is C12H21NS. The molecule has 0 aromatic heterocycles. The number of terminal acetylenes is 1. The normalized spacial score (nSPS) is 24.8. The second-order valence-electron chi connectivity index (χ2n) is 4.81. The number of thioether (sulfide) groups is 1. The van der Waals surface area contributed by atoms with Crippen molar-refractivity contribution < 1.29 is 0 Å². The van der Waals surface area contributed by atoms with Crippen molar-refractivity contribution in [3.63, 3.8) is 0 Å². The van der Waals surface area contributed by atoms with Gasteiger partial charge in [-0.25, -0.2) is 0 Å². The van der Waals surface area contributed by atoms with Gasteiger partial charge in [0, 0.05) is 18.3 Å². The second kappa shape index (κ2) is 5.68. The summed E-state index contributed by atoms with van der Waals surface area (Å²) in [5.41, 5.74) is 0.559. The van der Waals surface area contributed by atoms with Crippen molar-refractivity contribution >= 4 is 11.8 Å². The molecule has 1 atom stereocenters. The fourth-order valence-corrected chi connectivity index (χ4v) is 2.60. The van der Waals surface area contributed by atoms with Crippen LogP contribution >= 0.6 is 11.8 Å². The van der Waals surface area contributed by atoms with E-state index < -0.39 is 0 Å². The average molecular weight is 211 g/mol. The molecule has 2 heteroatoms. The minimum atomic E-state index is 0.559. The molecule has 1 saturated carbocycles. The van der Waals surface area contributed by atoms with E-state index in [0.717, 1.165) is 24.1 Å². The van der Waals surface area contributed by atoms with Crippen molar-refractivity contribution in [2.45, 2.75) is 39.2 Å². The predicted octanol–water partition coefficient (Wildman–Crippen LogP) is 2.52. The Hall–Kier alpha value is -0.130. The van der Waals surface area contributed by atoms with Crippen LogP contribution in [0.2, 0.25) is 0 Å². The zero-order valence-electron chi connectivity index (χ0n) is 9.31. The van der Waals surface area contributed by atoms with Crippen LogP contribution in [-0.4, -0.2) is 24.1 Å². The van der Waals surface area contributed by atoms with Crippen LogP contribution in [0.25, 0.3) is 0 Å². The predicted molar refractivity (Wildman–Crippen MR) is 65.6 cm³/mol. The largest absolute Gasteiger partial charge is 0.313 e. The molecule has 0 amide bonds. The molecule has 0 aromatic carbocycles. The van der Waals surface area contributed by atoms with Crippen LogP contribution < -0.4 is 5.32 Å². The van der Waals surface area contributed by atoms with E-state index in [9.17, 15) is 0 Å². The molecule has 1 unspecified atom stereocenters. The lowest BCUT2D eigenvalue weighted by Gasteiger charge is -2.17. The van der Waals surface area contributed by atoms with Gasteiger partial charge in [0.1, 0.15) is 0 Å². The molecular weight excluding hydrogens is 190 g/mol. The van der Waals surface area contributed by atoms with Gasteiger partial charge in [-0.1, -0.05) is 19.8 Å². The molecule has 80 valence electrons. The maximum atomic E-state index is 5.18. The summed E-state index contributed by atoms with van der Waals surface area (Å²) in [6, 6.07) is 0.747. The number of hydrogen-bond acceptors (Lipinski definition) is 2. The van der Waals surface area contributed by atoms with Crippen LogP contribution in [0.15, 0.2) is 0 Å². The number of nitrogens with one attached hydrogen (secondary N) is 1. The molecule has 0 radical (unpaired) electrons. The second-order valence-corrected chi connectivity index (χ2v) is 5.92. The van der Waals surface area contributed by atoms with Gasteiger partial charge in [-0.2, -0.15) is 0 Å². The van der Waals surface area contributed by atoms with Crippen LogP contribution in [-0.2, 0) is 0 Å². The fraction of sp³-hybridized carbons (Fsp3) is 0.833. The summed E-state index contributed by atoms with van der Waals surface area (Å²) in [5.74, 6) is 4.63. The van der Waals surface area contributed by atoms with Gasteiger partial charge in [0.25, 0.3) is 0 Å². The topological polar surface area (TPSA) is 12.0 Å². The molecule has 1 fully saturated rings. The lowest BCUT2D eigenvalue weighted by Crippen LogP contribution is -2.29. The molecule has 0 aliphatic heterocycles. The Bertz CT molecular complexity index is 205. The highest BCUT2D eigenvalue weighted by Gasteiger charge is 2.30. The molecule has 1 nitrogen and oxygen atoms in total. The Morgan fingerprint density at radius 1 is 1.57 bits per heavy atom. The van der Waals surface area contributed by atoms with Crippen LogP contribution in [0.1, 0.15) is 33.1 Å². The van der Waals surface area contributed by atoms with Gasteiger partial charge in [-0.3, -0.25) is 0 Å². The Morgan fingerprint density at radius 2 is 2.36 bits per heavy atom. The molecule has 1 aliphatic carbocycles. The molecule has 14 heavy (non-hydrogen) atoms. The summed E-state index contributed by atoms with van der Waals surface area (Å²) in [6.07, 6.45) is 9.21. The lowest BCUT2D eigenvalue weighted by molar-refractivity contribution is 0.366. The molecule has 0 bridgehead atoms. The quantitative estimate of drug-likeness (QED) is 0.554. The van der Waals surface area contributed by atoms with Crippen LogP contribution in [0, 0.1) is 17.8 Å². The highest BCUT2D eigenvalue weighted by Crippen LogP contribution is 2.36. The van der Waals surface area contributed by atoms with Crippen LogP contribution in [0.5, 0.6) is 0 Å². The third-order valence-corrected chi connectivity index (χ3v) is 3.70. The summed E-state index contributed by atoms with van der Waals surface area (Å²) in [7, 11) is 0. The highest BCUT2D eigenvalue weighted by atomic mass is 32.2. The molecule has 0 saturated heterocycles. The number of hydrogen-bond donors (Lipinski definition) is 1. The van der Waals surface area contributed by atoms with Crippen molar-refractivity contribution in [1.29, 1.82) is 0 Å². The Morgan fingerprint density at radius 3 is 2.93 bits per heavy atom. The van der Waals surface area contributed by atoms with Gasteiger partial charge in [-0.05, 0) is 24.7 Å². The van der Waals surface area contributed by atoms with Crippen molar-refractivity contribution in [2.75, 3.05) is 18.1 Å². The van der Waals surface area contributed by atoms with Crippen molar-refractivity contribution in [3.8, 4) is 12.3 Å². The monoisotopic (exact) mass is 211 g/mol. The van der Waals surface area contributed by atoms with Crippen LogP contribution in [0.3, 0.4) is 0 Å². The van der Waals surface area contributed by atoms with E-state index in [2.05, 4.69) is 25.1 Å². The molecule has 1 rings (SSSR count). The van der Waals surface area contributed by atoms with E-state index in [4.69, 9.17) is 6.42 Å². The first-order valence-corrected chi connectivity index (χ1v) is 6.54. The summed E-state index contributed by atoms with van der Waals surface area (Å²) >= 11 is 1.84. The Labute approximate surface area is 92.4 Å². The maximum Gasteiger partial charge on any atom is 0.0545 e. The molecule has 0 aromatic rings. The zero-order chi connectivity index (χ0) is 10.4. The molecule has 1 aliphatic rings. The third kappa shape index (κ3) is 4.39. The molecule has 0 spiro atoms. The van der Waals surface area contributed by atoms with Crippen molar-refractivity contribution in [3.05, 3.63) is 0 Å². The Kier molecular flexibility index (Phi) is 4.84. The Balaban J connectivity index is 2.01. The van der Waals surface area contributed by atoms with E-state index in [1.54, 1.807) is 0 Å². The molecule has 0 heterocycles. The molecule has 1 N–H and O–H groups in total. The summed E-state index contributed by atoms with van der Waals surface area (Å²) < 4.78 is 0. The average Bonchev–Trinajstić information content (AvgIpc) is 2.45. The third-order valence-electron chi connectivity index (χ3n) is 2.83. The fourth-order valence-electron chi connectivity index (χ4n) is 2.08. The SMILES string of the molecule is C#CCSCCNC1CCC(C)(C)C1. The summed E-state index contributed by atoms with van der Waals surface area (Å²) in [4.78, 5) is 0. The number of rotatable bonds is 5. The standard InChI is InChI=1S/C12H21NS/c1-4-8-14-9-7-13-11-5-6-12(2,3)10-11/h1,11,13H,5-10H2,2-3H3. The van der Waals surface area contributed by atoms with E-state index in [1.807, 2.05) is 11.8 Å². The zero-order valence-corrected chi connectivity index (χ0v) is 10.1. The van der Waals surface area contributed by atoms with Crippen molar-refractivity contribution in [1.82, 2.24) is 5.32 Å². The van der Waals surface area contributed by atoms with E-state index in [0.29, 0.717) is 5.41 Å². The van der Waals surface area contributed by atoms with Gasteiger partial charge >= 0.3 is 0 Å². The first-order chi connectivity index (χ1) is 6.64. The van der Waals surface area contributed by atoms with Crippen molar-refractivity contribution in [2.24, 2.45) is 5.41 Å². The maximum absolute atomic E-state index is 5.18. The minimum absolute atomic E-state index is 0.559. The van der Waals surface area contributed by atoms with E-state index in [-0.39, 0.29) is 0 Å². The first-order valence-electron chi connectivity index (χ1n) is 5.39. The highest BCUT2D eigenvalue weighted by molar-refractivity contribution is 7.99. The van der Waals surface area contributed by atoms with E-state index >= 15 is 0 Å². The van der Waals surface area contributed by atoms with Gasteiger partial charge in [0.05, 0.1) is 5.75 Å². The lowest BCUT2D eigenvalue weighted by atomic mass is 9.92. The van der Waals surface area contributed by atoms with E-state index in [1.165, 1.54) is 19.3 Å². The summed E-state index contributed by atoms with van der Waals surface area (Å²) in [5, 5.41) is 3.61.